The number of nitrogens with one attached hydrogen (secondary N) is 1. The Morgan fingerprint density at radius 1 is 1.43 bits per heavy atom. The van der Waals surface area contributed by atoms with Crippen molar-refractivity contribution in [1.29, 1.82) is 0 Å². The van der Waals surface area contributed by atoms with Crippen LogP contribution in [-0.4, -0.2) is 51.1 Å². The number of amides is 1. The van der Waals surface area contributed by atoms with E-state index in [1.54, 1.807) is 7.11 Å². The Kier molecular flexibility index (Phi) is 9.49. The zero-order valence-corrected chi connectivity index (χ0v) is 13.0. The number of hydrogen-bond acceptors (Lipinski definition) is 5. The first-order chi connectivity index (χ1) is 10.3. The molecule has 0 saturated heterocycles. The second kappa shape index (κ2) is 11.3. The van der Waals surface area contributed by atoms with E-state index < -0.39 is 0 Å². The lowest BCUT2D eigenvalue weighted by Gasteiger charge is -2.05. The van der Waals surface area contributed by atoms with Gasteiger partial charge in [-0.3, -0.25) is 4.79 Å². The van der Waals surface area contributed by atoms with Gasteiger partial charge in [0.1, 0.15) is 4.88 Å². The second-order valence-electron chi connectivity index (χ2n) is 4.15. The molecule has 0 aliphatic heterocycles. The molecule has 1 rings (SSSR count). The summed E-state index contributed by atoms with van der Waals surface area (Å²) in [6.07, 6.45) is 1.17. The molecule has 5 nitrogen and oxygen atoms in total. The van der Waals surface area contributed by atoms with Gasteiger partial charge < -0.3 is 19.9 Å². The lowest BCUT2D eigenvalue weighted by Crippen LogP contribution is -2.25. The van der Waals surface area contributed by atoms with Gasteiger partial charge in [-0.05, 0) is 17.9 Å². The summed E-state index contributed by atoms with van der Waals surface area (Å²) in [4.78, 5) is 12.6. The zero-order chi connectivity index (χ0) is 15.3. The van der Waals surface area contributed by atoms with E-state index in [4.69, 9.17) is 14.6 Å². The third-order valence-electron chi connectivity index (χ3n) is 2.51. The Balaban J connectivity index is 2.30. The van der Waals surface area contributed by atoms with Crippen molar-refractivity contribution < 1.29 is 19.4 Å². The molecule has 1 heterocycles. The molecule has 2 N–H and O–H groups in total. The van der Waals surface area contributed by atoms with Crippen LogP contribution in [0.4, 0.5) is 0 Å². The number of ether oxygens (including phenoxy) is 2. The third-order valence-corrected chi connectivity index (χ3v) is 3.43. The summed E-state index contributed by atoms with van der Waals surface area (Å²) in [5, 5.41) is 13.4. The van der Waals surface area contributed by atoms with E-state index in [-0.39, 0.29) is 12.5 Å². The van der Waals surface area contributed by atoms with E-state index >= 15 is 0 Å². The lowest BCUT2D eigenvalue weighted by atomic mass is 10.2. The highest BCUT2D eigenvalue weighted by Crippen LogP contribution is 2.15. The number of rotatable bonds is 9. The highest BCUT2D eigenvalue weighted by atomic mass is 32.1. The smallest absolute Gasteiger partial charge is 0.262 e. The van der Waals surface area contributed by atoms with Crippen LogP contribution in [0.5, 0.6) is 0 Å². The molecule has 0 aromatic carbocycles. The van der Waals surface area contributed by atoms with Crippen molar-refractivity contribution in [2.24, 2.45) is 0 Å². The standard InChI is InChI=1S/C15H21NO4S/c1-19-10-11-20-9-4-7-16-15(18)14-13(6-12-21-14)5-2-3-8-17/h6,12,17H,3-4,7-11H2,1H3,(H,16,18). The summed E-state index contributed by atoms with van der Waals surface area (Å²) >= 11 is 1.37. The summed E-state index contributed by atoms with van der Waals surface area (Å²) in [5.41, 5.74) is 0.710. The minimum absolute atomic E-state index is 0.0295. The first kappa shape index (κ1) is 17.7. The number of aliphatic hydroxyl groups excluding tert-OH is 1. The predicted molar refractivity (Wildman–Crippen MR) is 82.5 cm³/mol. The molecule has 0 aliphatic rings. The van der Waals surface area contributed by atoms with Crippen LogP contribution in [0, 0.1) is 11.8 Å². The molecule has 1 amide bonds. The SMILES string of the molecule is COCCOCCCNC(=O)c1sccc1C#CCCO. The topological polar surface area (TPSA) is 67.8 Å². The molecule has 0 spiro atoms. The van der Waals surface area contributed by atoms with Crippen molar-refractivity contribution in [3.8, 4) is 11.8 Å². The van der Waals surface area contributed by atoms with Gasteiger partial charge >= 0.3 is 0 Å². The number of carbonyl (C=O) groups is 1. The van der Waals surface area contributed by atoms with E-state index in [0.29, 0.717) is 43.2 Å². The molecule has 0 aliphatic carbocycles. The molecule has 116 valence electrons. The van der Waals surface area contributed by atoms with Crippen LogP contribution in [0.2, 0.25) is 0 Å². The molecule has 0 saturated carbocycles. The van der Waals surface area contributed by atoms with Gasteiger partial charge in [0.15, 0.2) is 0 Å². The molecule has 0 atom stereocenters. The van der Waals surface area contributed by atoms with Crippen LogP contribution in [0.15, 0.2) is 11.4 Å². The number of hydrogen-bond donors (Lipinski definition) is 2. The van der Waals surface area contributed by atoms with Gasteiger partial charge in [0.25, 0.3) is 5.91 Å². The van der Waals surface area contributed by atoms with Gasteiger partial charge in [-0.1, -0.05) is 11.8 Å². The monoisotopic (exact) mass is 311 g/mol. The molecule has 0 radical (unpaired) electrons. The third kappa shape index (κ3) is 7.25. The fraction of sp³-hybridized carbons (Fsp3) is 0.533. The van der Waals surface area contributed by atoms with Crippen molar-refractivity contribution in [3.05, 3.63) is 21.9 Å². The molecular formula is C15H21NO4S. The Labute approximate surface area is 129 Å². The highest BCUT2D eigenvalue weighted by molar-refractivity contribution is 7.12. The lowest BCUT2D eigenvalue weighted by molar-refractivity contribution is 0.0688. The van der Waals surface area contributed by atoms with E-state index in [9.17, 15) is 4.79 Å². The molecule has 6 heteroatoms. The Bertz CT molecular complexity index is 476. The second-order valence-corrected chi connectivity index (χ2v) is 5.07. The van der Waals surface area contributed by atoms with Gasteiger partial charge in [-0.15, -0.1) is 11.3 Å². The minimum Gasteiger partial charge on any atom is -0.395 e. The van der Waals surface area contributed by atoms with Gasteiger partial charge in [-0.25, -0.2) is 0 Å². The molecule has 0 bridgehead atoms. The predicted octanol–water partition coefficient (Wildman–Crippen LogP) is 1.26. The summed E-state index contributed by atoms with van der Waals surface area (Å²) in [5.74, 6) is 5.61. The van der Waals surface area contributed by atoms with Crippen molar-refractivity contribution >= 4 is 17.2 Å². The molecule has 0 unspecified atom stereocenters. The van der Waals surface area contributed by atoms with Crippen molar-refractivity contribution in [2.45, 2.75) is 12.8 Å². The van der Waals surface area contributed by atoms with E-state index in [0.717, 1.165) is 6.42 Å². The van der Waals surface area contributed by atoms with Gasteiger partial charge in [0, 0.05) is 32.2 Å². The molecule has 1 aromatic heterocycles. The Hall–Kier alpha value is -1.39. The average Bonchev–Trinajstić information content (AvgIpc) is 2.95. The number of thiophene rings is 1. The first-order valence-corrected chi connectivity index (χ1v) is 7.69. The molecule has 0 fully saturated rings. The first-order valence-electron chi connectivity index (χ1n) is 6.81. The number of aliphatic hydroxyl groups is 1. The maximum Gasteiger partial charge on any atom is 0.262 e. The van der Waals surface area contributed by atoms with Crippen molar-refractivity contribution in [3.63, 3.8) is 0 Å². The van der Waals surface area contributed by atoms with Crippen LogP contribution in [0.1, 0.15) is 28.1 Å². The van der Waals surface area contributed by atoms with Crippen LogP contribution in [-0.2, 0) is 9.47 Å². The fourth-order valence-corrected chi connectivity index (χ4v) is 2.26. The Morgan fingerprint density at radius 3 is 3.05 bits per heavy atom. The zero-order valence-electron chi connectivity index (χ0n) is 12.2. The fourth-order valence-electron chi connectivity index (χ4n) is 1.50. The molecule has 1 aromatic rings. The van der Waals surface area contributed by atoms with Crippen molar-refractivity contribution in [2.75, 3.05) is 40.1 Å². The molecule has 21 heavy (non-hydrogen) atoms. The van der Waals surface area contributed by atoms with Crippen molar-refractivity contribution in [1.82, 2.24) is 5.32 Å². The maximum absolute atomic E-state index is 12.0. The largest absolute Gasteiger partial charge is 0.395 e. The molecular weight excluding hydrogens is 290 g/mol. The van der Waals surface area contributed by atoms with Crippen LogP contribution in [0.25, 0.3) is 0 Å². The highest BCUT2D eigenvalue weighted by Gasteiger charge is 2.10. The quantitative estimate of drug-likeness (QED) is 0.532. The van der Waals surface area contributed by atoms with Gasteiger partial charge in [-0.2, -0.15) is 0 Å². The van der Waals surface area contributed by atoms with Crippen LogP contribution >= 0.6 is 11.3 Å². The van der Waals surface area contributed by atoms with Crippen LogP contribution < -0.4 is 5.32 Å². The van der Waals surface area contributed by atoms with Gasteiger partial charge in [0.2, 0.25) is 0 Å². The summed E-state index contributed by atoms with van der Waals surface area (Å²) in [6, 6.07) is 1.82. The number of carbonyl (C=O) groups excluding carboxylic acids is 1. The maximum atomic E-state index is 12.0. The Morgan fingerprint density at radius 2 is 2.29 bits per heavy atom. The van der Waals surface area contributed by atoms with Gasteiger partial charge in [0.05, 0.1) is 19.8 Å². The van der Waals surface area contributed by atoms with Crippen LogP contribution in [0.3, 0.4) is 0 Å². The average molecular weight is 311 g/mol. The summed E-state index contributed by atoms with van der Waals surface area (Å²) in [6.45, 7) is 2.34. The van der Waals surface area contributed by atoms with E-state index in [2.05, 4.69) is 17.2 Å². The van der Waals surface area contributed by atoms with E-state index in [1.807, 2.05) is 11.4 Å². The minimum atomic E-state index is -0.116. The summed E-state index contributed by atoms with van der Waals surface area (Å²) < 4.78 is 10.2. The normalized spacial score (nSPS) is 10.0. The summed E-state index contributed by atoms with van der Waals surface area (Å²) in [7, 11) is 1.63. The van der Waals surface area contributed by atoms with E-state index in [1.165, 1.54) is 11.3 Å². The number of methoxy groups -OCH3 is 1.